The molecule has 10 heteroatoms. The molecule has 9 nitrogen and oxygen atoms in total. The van der Waals surface area contributed by atoms with E-state index in [0.717, 1.165) is 63.1 Å². The van der Waals surface area contributed by atoms with E-state index < -0.39 is 5.91 Å². The average molecular weight is 500 g/mol. The van der Waals surface area contributed by atoms with Crippen LogP contribution in [0.3, 0.4) is 0 Å². The van der Waals surface area contributed by atoms with E-state index in [2.05, 4.69) is 32.0 Å². The van der Waals surface area contributed by atoms with Gasteiger partial charge >= 0.3 is 0 Å². The molecule has 4 rings (SSSR count). The zero-order chi connectivity index (χ0) is 25.1. The van der Waals surface area contributed by atoms with Gasteiger partial charge in [-0.3, -0.25) is 14.5 Å². The summed E-state index contributed by atoms with van der Waals surface area (Å²) in [6.45, 7) is 8.11. The van der Waals surface area contributed by atoms with Crippen molar-refractivity contribution in [1.29, 1.82) is 0 Å². The molecule has 2 amide bonds. The number of anilines is 2. The summed E-state index contributed by atoms with van der Waals surface area (Å²) < 4.78 is 0. The Balaban J connectivity index is 1.39. The number of nitrogens with two attached hydrogens (primary N) is 1. The molecule has 0 aliphatic carbocycles. The number of nitrogens with one attached hydrogen (secondary N) is 1. The highest BCUT2D eigenvalue weighted by atomic mass is 35.5. The Kier molecular flexibility index (Phi) is 7.76. The second-order valence-corrected chi connectivity index (χ2v) is 9.64. The number of amides is 2. The predicted octanol–water partition coefficient (Wildman–Crippen LogP) is 2.59. The van der Waals surface area contributed by atoms with Crippen molar-refractivity contribution < 1.29 is 9.59 Å². The van der Waals surface area contributed by atoms with Crippen molar-refractivity contribution in [2.45, 2.75) is 45.2 Å². The number of piperazine rings is 1. The van der Waals surface area contributed by atoms with Gasteiger partial charge in [0.1, 0.15) is 0 Å². The summed E-state index contributed by atoms with van der Waals surface area (Å²) in [6, 6.07) is 8.57. The van der Waals surface area contributed by atoms with E-state index in [4.69, 9.17) is 17.3 Å². The fraction of sp³-hybridized carbons (Fsp3) is 0.520. The highest BCUT2D eigenvalue weighted by Gasteiger charge is 2.35. The van der Waals surface area contributed by atoms with Crippen LogP contribution >= 0.6 is 11.6 Å². The van der Waals surface area contributed by atoms with Gasteiger partial charge in [-0.1, -0.05) is 36.2 Å². The van der Waals surface area contributed by atoms with Crippen LogP contribution in [0.15, 0.2) is 24.3 Å². The number of aromatic nitrogens is 2. The van der Waals surface area contributed by atoms with Crippen LogP contribution in [0, 0.1) is 6.92 Å². The molecule has 2 saturated heterocycles. The summed E-state index contributed by atoms with van der Waals surface area (Å²) >= 11 is 6.41. The molecule has 2 aliphatic heterocycles. The van der Waals surface area contributed by atoms with Crippen LogP contribution in [0.25, 0.3) is 0 Å². The lowest BCUT2D eigenvalue weighted by Gasteiger charge is -2.47. The molecule has 3 heterocycles. The van der Waals surface area contributed by atoms with Crippen LogP contribution < -0.4 is 16.0 Å². The van der Waals surface area contributed by atoms with Crippen molar-refractivity contribution >= 4 is 35.1 Å². The van der Waals surface area contributed by atoms with Crippen molar-refractivity contribution in [1.82, 2.24) is 25.1 Å². The van der Waals surface area contributed by atoms with Crippen LogP contribution in [0.2, 0.25) is 5.15 Å². The number of piperidine rings is 1. The molecule has 0 radical (unpaired) electrons. The van der Waals surface area contributed by atoms with E-state index in [-0.39, 0.29) is 22.6 Å². The second kappa shape index (κ2) is 10.8. The Hall–Kier alpha value is -2.91. The highest BCUT2D eigenvalue weighted by Crippen LogP contribution is 2.30. The number of nitrogens with zero attached hydrogens (tertiary/aromatic N) is 5. The summed E-state index contributed by atoms with van der Waals surface area (Å²) in [7, 11) is 1.51. The lowest BCUT2D eigenvalue weighted by molar-refractivity contribution is 0.0490. The minimum atomic E-state index is -0.410. The Morgan fingerprint density at radius 3 is 2.43 bits per heavy atom. The Morgan fingerprint density at radius 1 is 1.11 bits per heavy atom. The Labute approximate surface area is 211 Å². The fourth-order valence-electron chi connectivity index (χ4n) is 5.09. The van der Waals surface area contributed by atoms with Crippen molar-refractivity contribution in [3.05, 3.63) is 46.2 Å². The molecule has 2 fully saturated rings. The molecule has 35 heavy (non-hydrogen) atoms. The van der Waals surface area contributed by atoms with Gasteiger partial charge in [0, 0.05) is 57.4 Å². The second-order valence-electron chi connectivity index (χ2n) is 9.29. The van der Waals surface area contributed by atoms with Gasteiger partial charge < -0.3 is 20.9 Å². The van der Waals surface area contributed by atoms with E-state index in [9.17, 15) is 9.59 Å². The van der Waals surface area contributed by atoms with Crippen LogP contribution in [-0.4, -0.2) is 83.4 Å². The minimum Gasteiger partial charge on any atom is -0.382 e. The molecule has 2 aromatic rings. The first-order chi connectivity index (χ1) is 16.8. The number of carbonyl (C=O) groups is 2. The predicted molar refractivity (Wildman–Crippen MR) is 138 cm³/mol. The molecule has 1 aromatic carbocycles. The number of nitrogen functional groups attached to an aromatic ring is 1. The van der Waals surface area contributed by atoms with Gasteiger partial charge in [0.05, 0.1) is 0 Å². The zero-order valence-electron chi connectivity index (χ0n) is 20.6. The molecule has 3 N–H and O–H groups in total. The van der Waals surface area contributed by atoms with Gasteiger partial charge in [0.25, 0.3) is 11.8 Å². The first kappa shape index (κ1) is 25.2. The number of halogens is 1. The van der Waals surface area contributed by atoms with Gasteiger partial charge in [-0.05, 0) is 38.3 Å². The van der Waals surface area contributed by atoms with Crippen LogP contribution in [0.4, 0.5) is 11.6 Å². The smallest absolute Gasteiger partial charge is 0.273 e. The van der Waals surface area contributed by atoms with Crippen LogP contribution in [-0.2, 0) is 0 Å². The number of aryl methyl sites for hydroxylation is 1. The lowest BCUT2D eigenvalue weighted by Crippen LogP contribution is -2.58. The van der Waals surface area contributed by atoms with Crippen LogP contribution in [0.5, 0.6) is 0 Å². The van der Waals surface area contributed by atoms with E-state index in [1.807, 2.05) is 36.1 Å². The lowest BCUT2D eigenvalue weighted by atomic mass is 9.97. The zero-order valence-corrected chi connectivity index (χ0v) is 21.4. The molecule has 0 unspecified atom stereocenters. The van der Waals surface area contributed by atoms with Gasteiger partial charge in [-0.25, -0.2) is 9.97 Å². The summed E-state index contributed by atoms with van der Waals surface area (Å²) in [5, 5.41) is 2.69. The maximum absolute atomic E-state index is 12.9. The number of hydrogen-bond donors (Lipinski definition) is 2. The molecular weight excluding hydrogens is 466 g/mol. The molecule has 0 bridgehead atoms. The summed E-state index contributed by atoms with van der Waals surface area (Å²) in [6.07, 6.45) is 2.90. The fourth-order valence-corrected chi connectivity index (χ4v) is 5.34. The average Bonchev–Trinajstić information content (AvgIpc) is 2.89. The first-order valence-corrected chi connectivity index (χ1v) is 12.6. The number of carbonyl (C=O) groups excluding carboxylic acids is 2. The van der Waals surface area contributed by atoms with Gasteiger partial charge in [0.2, 0.25) is 0 Å². The minimum absolute atomic E-state index is 0.0406. The first-order valence-electron chi connectivity index (χ1n) is 12.2. The summed E-state index contributed by atoms with van der Waals surface area (Å²) in [4.78, 5) is 40.1. The molecule has 0 spiro atoms. The third-order valence-electron chi connectivity index (χ3n) is 7.12. The molecule has 0 saturated carbocycles. The maximum Gasteiger partial charge on any atom is 0.273 e. The third-order valence-corrected chi connectivity index (χ3v) is 7.38. The molecule has 2 aliphatic rings. The Morgan fingerprint density at radius 2 is 1.80 bits per heavy atom. The SMILES string of the molecule is CC[C@H]1CN(c2nc(N)c(C(=O)NC)nc2Cl)CCN1C1CCN(C(=O)c2ccc(C)cc2)CC1. The van der Waals surface area contributed by atoms with Crippen molar-refractivity contribution in [3.8, 4) is 0 Å². The molecule has 1 aromatic heterocycles. The van der Waals surface area contributed by atoms with Crippen molar-refractivity contribution in [2.75, 3.05) is 50.4 Å². The number of hydrogen-bond acceptors (Lipinski definition) is 7. The van der Waals surface area contributed by atoms with E-state index in [0.29, 0.717) is 17.9 Å². The largest absolute Gasteiger partial charge is 0.382 e. The van der Waals surface area contributed by atoms with Crippen molar-refractivity contribution in [2.24, 2.45) is 0 Å². The topological polar surface area (TPSA) is 108 Å². The maximum atomic E-state index is 12.9. The third kappa shape index (κ3) is 5.36. The highest BCUT2D eigenvalue weighted by molar-refractivity contribution is 6.32. The van der Waals surface area contributed by atoms with E-state index in [1.165, 1.54) is 7.05 Å². The Bertz CT molecular complexity index is 1070. The molecule has 188 valence electrons. The van der Waals surface area contributed by atoms with E-state index in [1.54, 1.807) is 0 Å². The molecular formula is C25H34ClN7O2. The number of likely N-dealkylation sites (tertiary alicyclic amines) is 1. The van der Waals surface area contributed by atoms with Gasteiger partial charge in [-0.2, -0.15) is 0 Å². The van der Waals surface area contributed by atoms with Gasteiger partial charge in [0.15, 0.2) is 22.5 Å². The molecule has 1 atom stereocenters. The standard InChI is InChI=1S/C25H34ClN7O2/c1-4-18-15-32(23-21(26)29-20(22(27)30-23)24(34)28-3)13-14-33(18)19-9-11-31(12-10-19)25(35)17-7-5-16(2)6-8-17/h5-8,18-19H,4,9-15H2,1-3H3,(H2,27,30)(H,28,34)/t18-/m0/s1. The van der Waals surface area contributed by atoms with Crippen LogP contribution in [0.1, 0.15) is 52.6 Å². The van der Waals surface area contributed by atoms with E-state index >= 15 is 0 Å². The summed E-state index contributed by atoms with van der Waals surface area (Å²) in [5.74, 6) is 0.302. The number of benzene rings is 1. The number of rotatable bonds is 5. The quantitative estimate of drug-likeness (QED) is 0.651. The monoisotopic (exact) mass is 499 g/mol. The normalized spacial score (nSPS) is 19.6. The van der Waals surface area contributed by atoms with Crippen molar-refractivity contribution in [3.63, 3.8) is 0 Å². The summed E-state index contributed by atoms with van der Waals surface area (Å²) in [5.41, 5.74) is 7.96. The van der Waals surface area contributed by atoms with Gasteiger partial charge in [-0.15, -0.1) is 0 Å².